The van der Waals surface area contributed by atoms with Crippen LogP contribution in [-0.4, -0.2) is 47.1 Å². The highest BCUT2D eigenvalue weighted by Crippen LogP contribution is 2.25. The topological polar surface area (TPSA) is 69.6 Å². The molecule has 0 spiro atoms. The number of carbonyl (C=O) groups is 2. The van der Waals surface area contributed by atoms with Gasteiger partial charge < -0.3 is 15.3 Å². The zero-order valence-electron chi connectivity index (χ0n) is 13.0. The third kappa shape index (κ3) is 5.16. The summed E-state index contributed by atoms with van der Waals surface area (Å²) in [5.74, 6) is -0.793. The number of halogens is 2. The van der Waals surface area contributed by atoms with Crippen LogP contribution in [0.1, 0.15) is 31.1 Å². The Kier molecular flexibility index (Phi) is 6.23. The molecule has 0 aliphatic heterocycles. The van der Waals surface area contributed by atoms with Gasteiger partial charge in [-0.3, -0.25) is 9.59 Å². The second-order valence-electron chi connectivity index (χ2n) is 5.80. The van der Waals surface area contributed by atoms with E-state index in [-0.39, 0.29) is 28.1 Å². The lowest BCUT2D eigenvalue weighted by Crippen LogP contribution is -2.49. The van der Waals surface area contributed by atoms with Crippen molar-refractivity contribution in [3.8, 4) is 0 Å². The molecule has 7 heteroatoms. The minimum atomic E-state index is -1.01. The largest absolute Gasteiger partial charge is 0.389 e. The van der Waals surface area contributed by atoms with E-state index in [1.54, 1.807) is 40.0 Å². The molecule has 0 bridgehead atoms. The van der Waals surface area contributed by atoms with Crippen LogP contribution in [0, 0.1) is 0 Å². The molecule has 0 fully saturated rings. The fourth-order valence-corrected chi connectivity index (χ4v) is 2.39. The van der Waals surface area contributed by atoms with Gasteiger partial charge in [0, 0.05) is 13.6 Å². The monoisotopic (exact) mass is 346 g/mol. The molecule has 0 aliphatic carbocycles. The van der Waals surface area contributed by atoms with Crippen molar-refractivity contribution in [2.24, 2.45) is 0 Å². The molecule has 0 radical (unpaired) electrons. The maximum atomic E-state index is 12.2. The molecule has 0 aromatic heterocycles. The zero-order chi connectivity index (χ0) is 17.1. The van der Waals surface area contributed by atoms with Crippen LogP contribution in [0.3, 0.4) is 0 Å². The lowest BCUT2D eigenvalue weighted by molar-refractivity contribution is -0.134. The number of rotatable bonds is 5. The first-order chi connectivity index (χ1) is 10.0. The highest BCUT2D eigenvalue weighted by molar-refractivity contribution is 6.43. The predicted octanol–water partition coefficient (Wildman–Crippen LogP) is 2.34. The number of carbonyl (C=O) groups excluding carboxylic acids is 2. The third-order valence-corrected chi connectivity index (χ3v) is 3.73. The smallest absolute Gasteiger partial charge is 0.253 e. The standard InChI is InChI=1S/C15H20Cl2N2O3/c1-9(14(21)19(4)8-15(2,3)22)18-13(20)10-6-5-7-11(16)12(10)17/h5-7,9,22H,8H2,1-4H3,(H,18,20). The molecule has 2 amide bonds. The van der Waals surface area contributed by atoms with Gasteiger partial charge >= 0.3 is 0 Å². The van der Waals surface area contributed by atoms with E-state index in [1.165, 1.54) is 11.0 Å². The minimum Gasteiger partial charge on any atom is -0.389 e. The first-order valence-corrected chi connectivity index (χ1v) is 7.51. The molecule has 1 rings (SSSR count). The van der Waals surface area contributed by atoms with Crippen LogP contribution in [0.15, 0.2) is 18.2 Å². The van der Waals surface area contributed by atoms with E-state index in [0.717, 1.165) is 0 Å². The summed E-state index contributed by atoms with van der Waals surface area (Å²) in [7, 11) is 1.56. The lowest BCUT2D eigenvalue weighted by atomic mass is 10.1. The minimum absolute atomic E-state index is 0.145. The maximum Gasteiger partial charge on any atom is 0.253 e. The van der Waals surface area contributed by atoms with Gasteiger partial charge in [-0.1, -0.05) is 29.3 Å². The van der Waals surface area contributed by atoms with Gasteiger partial charge in [0.2, 0.25) is 5.91 Å². The second kappa shape index (κ2) is 7.31. The normalized spacial score (nSPS) is 12.7. The Labute approximate surface area is 140 Å². The first kappa shape index (κ1) is 18.7. The Balaban J connectivity index is 2.75. The fraction of sp³-hybridized carbons (Fsp3) is 0.467. The van der Waals surface area contributed by atoms with E-state index in [2.05, 4.69) is 5.32 Å². The Morgan fingerprint density at radius 3 is 2.50 bits per heavy atom. The highest BCUT2D eigenvalue weighted by atomic mass is 35.5. The predicted molar refractivity (Wildman–Crippen MR) is 87.3 cm³/mol. The molecule has 1 atom stereocenters. The number of nitrogens with zero attached hydrogens (tertiary/aromatic N) is 1. The quantitative estimate of drug-likeness (QED) is 0.859. The van der Waals surface area contributed by atoms with Gasteiger partial charge in [0.15, 0.2) is 0 Å². The van der Waals surface area contributed by atoms with Crippen molar-refractivity contribution in [1.29, 1.82) is 0 Å². The van der Waals surface area contributed by atoms with Crippen LogP contribution in [0.2, 0.25) is 10.0 Å². The van der Waals surface area contributed by atoms with Gasteiger partial charge in [-0.2, -0.15) is 0 Å². The first-order valence-electron chi connectivity index (χ1n) is 6.75. The van der Waals surface area contributed by atoms with Crippen molar-refractivity contribution in [1.82, 2.24) is 10.2 Å². The number of nitrogens with one attached hydrogen (secondary N) is 1. The molecular weight excluding hydrogens is 327 g/mol. The van der Waals surface area contributed by atoms with Gasteiger partial charge in [-0.05, 0) is 32.9 Å². The Morgan fingerprint density at radius 1 is 1.36 bits per heavy atom. The number of likely N-dealkylation sites (N-methyl/N-ethyl adjacent to an activating group) is 1. The van der Waals surface area contributed by atoms with Gasteiger partial charge in [0.05, 0.1) is 21.2 Å². The Bertz CT molecular complexity index is 570. The summed E-state index contributed by atoms with van der Waals surface area (Å²) in [6, 6.07) is 3.96. The van der Waals surface area contributed by atoms with Gasteiger partial charge in [-0.25, -0.2) is 0 Å². The summed E-state index contributed by atoms with van der Waals surface area (Å²) >= 11 is 11.8. The Hall–Kier alpha value is -1.30. The van der Waals surface area contributed by atoms with E-state index in [1.807, 2.05) is 0 Å². The van der Waals surface area contributed by atoms with E-state index in [9.17, 15) is 14.7 Å². The maximum absolute atomic E-state index is 12.2. The van der Waals surface area contributed by atoms with Crippen LogP contribution >= 0.6 is 23.2 Å². The number of aliphatic hydroxyl groups is 1. The third-order valence-electron chi connectivity index (χ3n) is 2.91. The van der Waals surface area contributed by atoms with Gasteiger partial charge in [0.1, 0.15) is 6.04 Å². The molecule has 0 saturated carbocycles. The molecule has 122 valence electrons. The molecule has 22 heavy (non-hydrogen) atoms. The number of hydrogen-bond acceptors (Lipinski definition) is 3. The van der Waals surface area contributed by atoms with E-state index in [4.69, 9.17) is 23.2 Å². The molecule has 5 nitrogen and oxygen atoms in total. The molecule has 0 aliphatic rings. The number of amides is 2. The summed E-state index contributed by atoms with van der Waals surface area (Å²) in [5.41, 5.74) is -0.802. The van der Waals surface area contributed by atoms with Crippen molar-refractivity contribution in [3.63, 3.8) is 0 Å². The van der Waals surface area contributed by atoms with Crippen molar-refractivity contribution < 1.29 is 14.7 Å². The van der Waals surface area contributed by atoms with E-state index >= 15 is 0 Å². The fourth-order valence-electron chi connectivity index (χ4n) is 2.00. The lowest BCUT2D eigenvalue weighted by Gasteiger charge is -2.28. The van der Waals surface area contributed by atoms with E-state index in [0.29, 0.717) is 0 Å². The van der Waals surface area contributed by atoms with Crippen LogP contribution in [0.5, 0.6) is 0 Å². The van der Waals surface area contributed by atoms with Crippen LogP contribution in [-0.2, 0) is 4.79 Å². The SMILES string of the molecule is CC(NC(=O)c1cccc(Cl)c1Cl)C(=O)N(C)CC(C)(C)O. The van der Waals surface area contributed by atoms with Crippen LogP contribution in [0.25, 0.3) is 0 Å². The summed E-state index contributed by atoms with van der Waals surface area (Å²) in [6.45, 7) is 4.93. The van der Waals surface area contributed by atoms with Crippen molar-refractivity contribution in [2.45, 2.75) is 32.4 Å². The van der Waals surface area contributed by atoms with Crippen LogP contribution in [0.4, 0.5) is 0 Å². The average Bonchev–Trinajstić information content (AvgIpc) is 2.38. The van der Waals surface area contributed by atoms with Gasteiger partial charge in [0.25, 0.3) is 5.91 Å². The molecule has 1 aromatic rings. The number of hydrogen-bond donors (Lipinski definition) is 2. The summed E-state index contributed by atoms with van der Waals surface area (Å²) < 4.78 is 0. The molecule has 0 heterocycles. The highest BCUT2D eigenvalue weighted by Gasteiger charge is 2.25. The molecule has 1 aromatic carbocycles. The molecule has 0 saturated heterocycles. The summed E-state index contributed by atoms with van der Waals surface area (Å²) in [6.07, 6.45) is 0. The van der Waals surface area contributed by atoms with Crippen LogP contribution < -0.4 is 5.32 Å². The summed E-state index contributed by atoms with van der Waals surface area (Å²) in [4.78, 5) is 25.7. The number of benzene rings is 1. The van der Waals surface area contributed by atoms with E-state index < -0.39 is 17.6 Å². The molecule has 1 unspecified atom stereocenters. The van der Waals surface area contributed by atoms with Gasteiger partial charge in [-0.15, -0.1) is 0 Å². The van der Waals surface area contributed by atoms with Crippen molar-refractivity contribution in [3.05, 3.63) is 33.8 Å². The molecule has 2 N–H and O–H groups in total. The molecular formula is C15H20Cl2N2O3. The second-order valence-corrected chi connectivity index (χ2v) is 6.59. The van der Waals surface area contributed by atoms with Crippen molar-refractivity contribution >= 4 is 35.0 Å². The average molecular weight is 347 g/mol. The van der Waals surface area contributed by atoms with Crippen molar-refractivity contribution in [2.75, 3.05) is 13.6 Å². The summed E-state index contributed by atoms with van der Waals surface area (Å²) in [5, 5.41) is 12.7. The zero-order valence-corrected chi connectivity index (χ0v) is 14.5. The Morgan fingerprint density at radius 2 is 1.95 bits per heavy atom.